The number of urea groups is 1. The average Bonchev–Trinajstić information content (AvgIpc) is 2.87. The lowest BCUT2D eigenvalue weighted by molar-refractivity contribution is -0.137. The average molecular weight is 284 g/mol. The van der Waals surface area contributed by atoms with E-state index in [0.29, 0.717) is 25.4 Å². The number of aliphatic carboxylic acids is 1. The third-order valence-corrected chi connectivity index (χ3v) is 3.65. The van der Waals surface area contributed by atoms with Gasteiger partial charge in [0.05, 0.1) is 6.54 Å². The molecule has 2 amide bonds. The van der Waals surface area contributed by atoms with Gasteiger partial charge in [-0.05, 0) is 30.2 Å². The van der Waals surface area contributed by atoms with E-state index in [-0.39, 0.29) is 12.5 Å². The summed E-state index contributed by atoms with van der Waals surface area (Å²) < 4.78 is 0. The summed E-state index contributed by atoms with van der Waals surface area (Å²) in [5.74, 6) is -0.470. The number of carbonyl (C=O) groups is 2. The van der Waals surface area contributed by atoms with Gasteiger partial charge in [-0.1, -0.05) is 13.0 Å². The first kappa shape index (κ1) is 15.5. The van der Waals surface area contributed by atoms with E-state index in [0.717, 1.165) is 11.3 Å². The smallest absolute Gasteiger partial charge is 0.315 e. The van der Waals surface area contributed by atoms with Crippen LogP contribution < -0.4 is 10.6 Å². The highest BCUT2D eigenvalue weighted by molar-refractivity contribution is 7.09. The van der Waals surface area contributed by atoms with E-state index in [1.54, 1.807) is 11.3 Å². The normalized spacial score (nSPS) is 11.8. The molecule has 1 aromatic rings. The van der Waals surface area contributed by atoms with Gasteiger partial charge in [0.25, 0.3) is 0 Å². The Balaban J connectivity index is 2.05. The van der Waals surface area contributed by atoms with Gasteiger partial charge in [-0.3, -0.25) is 4.79 Å². The standard InChI is InChI=1S/C13H20N2O3S/c1-10(4-5-12(16)17)6-7-14-13(18)15-9-11-3-2-8-19-11/h2-3,8,10H,4-7,9H2,1H3,(H,16,17)(H2,14,15,18). The highest BCUT2D eigenvalue weighted by Gasteiger charge is 2.06. The van der Waals surface area contributed by atoms with Crippen molar-refractivity contribution in [3.8, 4) is 0 Å². The molecule has 0 saturated heterocycles. The number of carbonyl (C=O) groups excluding carboxylic acids is 1. The van der Waals surface area contributed by atoms with Crippen molar-refractivity contribution in [3.63, 3.8) is 0 Å². The molecular weight excluding hydrogens is 264 g/mol. The van der Waals surface area contributed by atoms with Crippen LogP contribution in [0.4, 0.5) is 4.79 Å². The highest BCUT2D eigenvalue weighted by atomic mass is 32.1. The number of hydrogen-bond donors (Lipinski definition) is 3. The summed E-state index contributed by atoms with van der Waals surface area (Å²) in [7, 11) is 0. The Hall–Kier alpha value is -1.56. The molecule has 1 heterocycles. The number of thiophene rings is 1. The van der Waals surface area contributed by atoms with Crippen LogP contribution >= 0.6 is 11.3 Å². The molecule has 1 rings (SSSR count). The van der Waals surface area contributed by atoms with Crippen LogP contribution in [0, 0.1) is 5.92 Å². The summed E-state index contributed by atoms with van der Waals surface area (Å²) in [6.45, 7) is 3.10. The van der Waals surface area contributed by atoms with E-state index in [1.807, 2.05) is 24.4 Å². The topological polar surface area (TPSA) is 78.4 Å². The van der Waals surface area contributed by atoms with Crippen molar-refractivity contribution in [1.82, 2.24) is 10.6 Å². The summed E-state index contributed by atoms with van der Waals surface area (Å²) in [4.78, 5) is 23.0. The molecule has 0 spiro atoms. The van der Waals surface area contributed by atoms with Gasteiger partial charge in [0.15, 0.2) is 0 Å². The van der Waals surface area contributed by atoms with Gasteiger partial charge < -0.3 is 15.7 Å². The molecule has 6 heteroatoms. The molecule has 0 saturated carbocycles. The molecule has 0 aliphatic carbocycles. The maximum Gasteiger partial charge on any atom is 0.315 e. The van der Waals surface area contributed by atoms with Crippen molar-refractivity contribution in [2.45, 2.75) is 32.7 Å². The van der Waals surface area contributed by atoms with Crippen LogP contribution in [0.15, 0.2) is 17.5 Å². The monoisotopic (exact) mass is 284 g/mol. The largest absolute Gasteiger partial charge is 0.481 e. The number of nitrogens with one attached hydrogen (secondary N) is 2. The quantitative estimate of drug-likeness (QED) is 0.686. The lowest BCUT2D eigenvalue weighted by Crippen LogP contribution is -2.35. The van der Waals surface area contributed by atoms with Gasteiger partial charge in [0, 0.05) is 17.8 Å². The summed E-state index contributed by atoms with van der Waals surface area (Å²) >= 11 is 1.60. The molecule has 3 N–H and O–H groups in total. The van der Waals surface area contributed by atoms with Crippen LogP contribution in [0.1, 0.15) is 31.1 Å². The van der Waals surface area contributed by atoms with E-state index in [1.165, 1.54) is 0 Å². The van der Waals surface area contributed by atoms with Crippen molar-refractivity contribution in [1.29, 1.82) is 0 Å². The number of hydrogen-bond acceptors (Lipinski definition) is 3. The minimum absolute atomic E-state index is 0.182. The van der Waals surface area contributed by atoms with Crippen LogP contribution in [-0.4, -0.2) is 23.7 Å². The van der Waals surface area contributed by atoms with Crippen molar-refractivity contribution >= 4 is 23.3 Å². The molecule has 0 bridgehead atoms. The Kier molecular flexibility index (Phi) is 6.95. The van der Waals surface area contributed by atoms with Crippen molar-refractivity contribution in [2.75, 3.05) is 6.54 Å². The predicted molar refractivity (Wildman–Crippen MR) is 75.2 cm³/mol. The molecule has 0 fully saturated rings. The zero-order chi connectivity index (χ0) is 14.1. The molecule has 0 aliphatic heterocycles. The number of carboxylic acids is 1. The lowest BCUT2D eigenvalue weighted by Gasteiger charge is -2.11. The summed E-state index contributed by atoms with van der Waals surface area (Å²) in [5.41, 5.74) is 0. The number of rotatable bonds is 8. The molecule has 1 aromatic heterocycles. The van der Waals surface area contributed by atoms with Gasteiger partial charge in [-0.15, -0.1) is 11.3 Å². The second-order valence-electron chi connectivity index (χ2n) is 4.52. The summed E-state index contributed by atoms with van der Waals surface area (Å²) in [6.07, 6.45) is 1.62. The fourth-order valence-corrected chi connectivity index (χ4v) is 2.23. The molecule has 1 unspecified atom stereocenters. The molecule has 0 aromatic carbocycles. The molecule has 1 atom stereocenters. The molecule has 19 heavy (non-hydrogen) atoms. The third-order valence-electron chi connectivity index (χ3n) is 2.78. The molecule has 106 valence electrons. The van der Waals surface area contributed by atoms with Crippen LogP contribution in [0.25, 0.3) is 0 Å². The minimum Gasteiger partial charge on any atom is -0.481 e. The van der Waals surface area contributed by atoms with Gasteiger partial charge in [-0.25, -0.2) is 4.79 Å². The number of carboxylic acid groups (broad SMARTS) is 1. The Morgan fingerprint density at radius 1 is 1.37 bits per heavy atom. The number of amides is 2. The predicted octanol–water partition coefficient (Wildman–Crippen LogP) is 2.44. The fourth-order valence-electron chi connectivity index (χ4n) is 1.59. The van der Waals surface area contributed by atoms with Crippen molar-refractivity contribution < 1.29 is 14.7 Å². The zero-order valence-corrected chi connectivity index (χ0v) is 11.8. The minimum atomic E-state index is -0.770. The van der Waals surface area contributed by atoms with Crippen LogP contribution in [0.3, 0.4) is 0 Å². The fraction of sp³-hybridized carbons (Fsp3) is 0.538. The summed E-state index contributed by atoms with van der Waals surface area (Å²) in [5, 5.41) is 16.1. The Bertz CT molecular complexity index is 393. The van der Waals surface area contributed by atoms with E-state index in [9.17, 15) is 9.59 Å². The van der Waals surface area contributed by atoms with Crippen LogP contribution in [0.2, 0.25) is 0 Å². The molecular formula is C13H20N2O3S. The van der Waals surface area contributed by atoms with E-state index in [4.69, 9.17) is 5.11 Å². The first-order valence-electron chi connectivity index (χ1n) is 6.34. The van der Waals surface area contributed by atoms with Crippen molar-refractivity contribution in [3.05, 3.63) is 22.4 Å². The Morgan fingerprint density at radius 3 is 2.79 bits per heavy atom. The third kappa shape index (κ3) is 7.46. The second kappa shape index (κ2) is 8.53. The molecule has 0 radical (unpaired) electrons. The van der Waals surface area contributed by atoms with Gasteiger partial charge in [-0.2, -0.15) is 0 Å². The first-order valence-corrected chi connectivity index (χ1v) is 7.21. The Morgan fingerprint density at radius 2 is 2.16 bits per heavy atom. The van der Waals surface area contributed by atoms with Gasteiger partial charge >= 0.3 is 12.0 Å². The van der Waals surface area contributed by atoms with E-state index < -0.39 is 5.97 Å². The Labute approximate surface area is 117 Å². The lowest BCUT2D eigenvalue weighted by atomic mass is 10.0. The second-order valence-corrected chi connectivity index (χ2v) is 5.55. The van der Waals surface area contributed by atoms with Gasteiger partial charge in [0.2, 0.25) is 0 Å². The van der Waals surface area contributed by atoms with Crippen LogP contribution in [0.5, 0.6) is 0 Å². The zero-order valence-electron chi connectivity index (χ0n) is 11.0. The molecule has 0 aliphatic rings. The first-order chi connectivity index (χ1) is 9.08. The maximum atomic E-state index is 11.5. The maximum absolute atomic E-state index is 11.5. The SMILES string of the molecule is CC(CCNC(=O)NCc1cccs1)CCC(=O)O. The molecule has 5 nitrogen and oxygen atoms in total. The summed E-state index contributed by atoms with van der Waals surface area (Å²) in [6, 6.07) is 3.74. The van der Waals surface area contributed by atoms with Crippen LogP contribution in [-0.2, 0) is 11.3 Å². The van der Waals surface area contributed by atoms with Gasteiger partial charge in [0.1, 0.15) is 0 Å². The van der Waals surface area contributed by atoms with E-state index in [2.05, 4.69) is 10.6 Å². The highest BCUT2D eigenvalue weighted by Crippen LogP contribution is 2.09. The van der Waals surface area contributed by atoms with E-state index >= 15 is 0 Å². The van der Waals surface area contributed by atoms with Crippen molar-refractivity contribution in [2.24, 2.45) is 5.92 Å².